The summed E-state index contributed by atoms with van der Waals surface area (Å²) in [4.78, 5) is 12.8. The molecule has 0 saturated carbocycles. The van der Waals surface area contributed by atoms with E-state index >= 15 is 0 Å². The van der Waals surface area contributed by atoms with E-state index in [0.717, 1.165) is 5.69 Å². The van der Waals surface area contributed by atoms with E-state index in [1.165, 1.54) is 4.90 Å². The van der Waals surface area contributed by atoms with Crippen LogP contribution in [-0.4, -0.2) is 58.2 Å². The summed E-state index contributed by atoms with van der Waals surface area (Å²) in [6.45, 7) is 1.24. The molecule has 7 nitrogen and oxygen atoms in total. The van der Waals surface area contributed by atoms with Gasteiger partial charge in [0.05, 0.1) is 25.4 Å². The first-order valence-electron chi connectivity index (χ1n) is 5.04. The van der Waals surface area contributed by atoms with Gasteiger partial charge in [-0.05, 0) is 0 Å². The van der Waals surface area contributed by atoms with Crippen LogP contribution in [0.5, 0.6) is 0 Å². The highest BCUT2D eigenvalue weighted by molar-refractivity contribution is 5.77. The van der Waals surface area contributed by atoms with Gasteiger partial charge >= 0.3 is 0 Å². The SMILES string of the molecule is CN(C)C(=O)CNCc1cn(CCO)nn1. The van der Waals surface area contributed by atoms with E-state index in [1.807, 2.05) is 0 Å². The standard InChI is InChI=1S/C9H17N5O2/c1-13(2)9(16)6-10-5-8-7-14(3-4-15)12-11-8/h7,10,15H,3-6H2,1-2H3. The number of carbonyl (C=O) groups excluding carboxylic acids is 1. The lowest BCUT2D eigenvalue weighted by Gasteiger charge is -2.09. The Labute approximate surface area is 94.0 Å². The van der Waals surface area contributed by atoms with E-state index in [9.17, 15) is 4.79 Å². The van der Waals surface area contributed by atoms with Crippen LogP contribution in [0.4, 0.5) is 0 Å². The molecule has 0 bridgehead atoms. The predicted molar refractivity (Wildman–Crippen MR) is 57.5 cm³/mol. The molecule has 1 aromatic heterocycles. The molecule has 0 unspecified atom stereocenters. The highest BCUT2D eigenvalue weighted by Crippen LogP contribution is 1.92. The van der Waals surface area contributed by atoms with Crippen LogP contribution >= 0.6 is 0 Å². The van der Waals surface area contributed by atoms with Gasteiger partial charge in [-0.15, -0.1) is 5.10 Å². The molecule has 0 aliphatic rings. The molecule has 1 aromatic rings. The molecular weight excluding hydrogens is 210 g/mol. The van der Waals surface area contributed by atoms with Gasteiger partial charge in [0, 0.05) is 26.8 Å². The second-order valence-electron chi connectivity index (χ2n) is 3.59. The molecule has 0 fully saturated rings. The first-order chi connectivity index (χ1) is 7.63. The highest BCUT2D eigenvalue weighted by Gasteiger charge is 2.04. The lowest BCUT2D eigenvalue weighted by molar-refractivity contribution is -0.127. The molecule has 1 heterocycles. The number of hydrogen-bond acceptors (Lipinski definition) is 5. The third-order valence-electron chi connectivity index (χ3n) is 2.00. The first-order valence-corrected chi connectivity index (χ1v) is 5.04. The van der Waals surface area contributed by atoms with Gasteiger partial charge in [0.25, 0.3) is 0 Å². The Balaban J connectivity index is 2.29. The summed E-state index contributed by atoms with van der Waals surface area (Å²) in [6.07, 6.45) is 1.74. The molecule has 0 saturated heterocycles. The fourth-order valence-corrected chi connectivity index (χ4v) is 1.09. The lowest BCUT2D eigenvalue weighted by atomic mass is 10.4. The van der Waals surface area contributed by atoms with Crippen molar-refractivity contribution >= 4 is 5.91 Å². The number of nitrogens with one attached hydrogen (secondary N) is 1. The van der Waals surface area contributed by atoms with Gasteiger partial charge in [0.2, 0.25) is 5.91 Å². The minimum Gasteiger partial charge on any atom is -0.394 e. The minimum absolute atomic E-state index is 0.0164. The minimum atomic E-state index is 0.0164. The Morgan fingerprint density at radius 2 is 2.38 bits per heavy atom. The smallest absolute Gasteiger partial charge is 0.236 e. The molecule has 0 aliphatic heterocycles. The molecule has 0 aliphatic carbocycles. The molecule has 90 valence electrons. The zero-order valence-electron chi connectivity index (χ0n) is 9.55. The molecule has 2 N–H and O–H groups in total. The summed E-state index contributed by atoms with van der Waals surface area (Å²) < 4.78 is 1.56. The summed E-state index contributed by atoms with van der Waals surface area (Å²) in [5, 5.41) is 19.4. The average molecular weight is 227 g/mol. The molecule has 0 spiro atoms. The van der Waals surface area contributed by atoms with E-state index in [0.29, 0.717) is 13.1 Å². The van der Waals surface area contributed by atoms with Crippen LogP contribution in [0.25, 0.3) is 0 Å². The normalized spacial score (nSPS) is 10.4. The highest BCUT2D eigenvalue weighted by atomic mass is 16.3. The number of rotatable bonds is 6. The van der Waals surface area contributed by atoms with Crippen LogP contribution in [0, 0.1) is 0 Å². The van der Waals surface area contributed by atoms with Gasteiger partial charge in [-0.3, -0.25) is 4.79 Å². The van der Waals surface area contributed by atoms with E-state index < -0.39 is 0 Å². The molecular formula is C9H17N5O2. The van der Waals surface area contributed by atoms with Crippen molar-refractivity contribution in [2.24, 2.45) is 0 Å². The Morgan fingerprint density at radius 1 is 1.62 bits per heavy atom. The summed E-state index contributed by atoms with van der Waals surface area (Å²) >= 11 is 0. The molecule has 7 heteroatoms. The Bertz CT molecular complexity index is 336. The quantitative estimate of drug-likeness (QED) is 0.614. The maximum absolute atomic E-state index is 11.2. The number of likely N-dealkylation sites (N-methyl/N-ethyl adjacent to an activating group) is 1. The number of hydrogen-bond donors (Lipinski definition) is 2. The second kappa shape index (κ2) is 6.19. The van der Waals surface area contributed by atoms with E-state index in [4.69, 9.17) is 5.11 Å². The van der Waals surface area contributed by atoms with Gasteiger partial charge in [-0.2, -0.15) is 0 Å². The Hall–Kier alpha value is -1.47. The van der Waals surface area contributed by atoms with Crippen LogP contribution in [0.3, 0.4) is 0 Å². The summed E-state index contributed by atoms with van der Waals surface area (Å²) in [5.41, 5.74) is 0.750. The molecule has 1 rings (SSSR count). The van der Waals surface area contributed by atoms with Crippen molar-refractivity contribution in [2.75, 3.05) is 27.2 Å². The van der Waals surface area contributed by atoms with Crippen molar-refractivity contribution in [3.8, 4) is 0 Å². The van der Waals surface area contributed by atoms with Crippen LogP contribution in [0.1, 0.15) is 5.69 Å². The van der Waals surface area contributed by atoms with Crippen LogP contribution in [0.2, 0.25) is 0 Å². The molecule has 0 aromatic carbocycles. The fourth-order valence-electron chi connectivity index (χ4n) is 1.09. The van der Waals surface area contributed by atoms with E-state index in [1.54, 1.807) is 25.0 Å². The number of aromatic nitrogens is 3. The van der Waals surface area contributed by atoms with Crippen molar-refractivity contribution in [3.63, 3.8) is 0 Å². The lowest BCUT2D eigenvalue weighted by Crippen LogP contribution is -2.32. The molecule has 1 amide bonds. The number of nitrogens with zero attached hydrogens (tertiary/aromatic N) is 4. The summed E-state index contributed by atoms with van der Waals surface area (Å²) in [6, 6.07) is 0. The monoisotopic (exact) mass is 227 g/mol. The van der Waals surface area contributed by atoms with Gasteiger partial charge in [0.1, 0.15) is 0 Å². The molecule has 16 heavy (non-hydrogen) atoms. The molecule has 0 radical (unpaired) electrons. The fraction of sp³-hybridized carbons (Fsp3) is 0.667. The zero-order valence-corrected chi connectivity index (χ0v) is 9.55. The summed E-state index contributed by atoms with van der Waals surface area (Å²) in [7, 11) is 3.42. The first kappa shape index (κ1) is 12.6. The number of aliphatic hydroxyl groups is 1. The van der Waals surface area contributed by atoms with Crippen LogP contribution in [-0.2, 0) is 17.9 Å². The number of aliphatic hydroxyl groups excluding tert-OH is 1. The topological polar surface area (TPSA) is 83.3 Å². The molecule has 0 atom stereocenters. The van der Waals surface area contributed by atoms with Crippen molar-refractivity contribution in [1.29, 1.82) is 0 Å². The van der Waals surface area contributed by atoms with Gasteiger partial charge in [-0.1, -0.05) is 5.21 Å². The number of carbonyl (C=O) groups is 1. The van der Waals surface area contributed by atoms with Crippen molar-refractivity contribution in [1.82, 2.24) is 25.2 Å². The maximum atomic E-state index is 11.2. The van der Waals surface area contributed by atoms with Gasteiger partial charge in [-0.25, -0.2) is 4.68 Å². The van der Waals surface area contributed by atoms with E-state index in [-0.39, 0.29) is 19.1 Å². The zero-order chi connectivity index (χ0) is 12.0. The third kappa shape index (κ3) is 3.95. The van der Waals surface area contributed by atoms with E-state index in [2.05, 4.69) is 15.6 Å². The largest absolute Gasteiger partial charge is 0.394 e. The van der Waals surface area contributed by atoms with Gasteiger partial charge in [0.15, 0.2) is 0 Å². The number of amides is 1. The van der Waals surface area contributed by atoms with Crippen LogP contribution in [0.15, 0.2) is 6.20 Å². The Kier molecular flexibility index (Phi) is 4.87. The second-order valence-corrected chi connectivity index (χ2v) is 3.59. The van der Waals surface area contributed by atoms with Gasteiger partial charge < -0.3 is 15.3 Å². The third-order valence-corrected chi connectivity index (χ3v) is 2.00. The van der Waals surface area contributed by atoms with Crippen molar-refractivity contribution in [3.05, 3.63) is 11.9 Å². The average Bonchev–Trinajstić information content (AvgIpc) is 2.66. The predicted octanol–water partition coefficient (Wildman–Crippen LogP) is -1.55. The summed E-state index contributed by atoms with van der Waals surface area (Å²) in [5.74, 6) is 0.0164. The Morgan fingerprint density at radius 3 is 3.00 bits per heavy atom. The van der Waals surface area contributed by atoms with Crippen LogP contribution < -0.4 is 5.32 Å². The maximum Gasteiger partial charge on any atom is 0.236 e. The van der Waals surface area contributed by atoms with Crippen molar-refractivity contribution in [2.45, 2.75) is 13.1 Å². The van der Waals surface area contributed by atoms with Crippen molar-refractivity contribution < 1.29 is 9.90 Å².